The quantitative estimate of drug-likeness (QED) is 0.647. The molecule has 8 nitrogen and oxygen atoms in total. The van der Waals surface area contributed by atoms with E-state index in [0.717, 1.165) is 12.4 Å². The first-order valence-electron chi connectivity index (χ1n) is 4.65. The van der Waals surface area contributed by atoms with Crippen LogP contribution in [0.5, 0.6) is 0 Å². The van der Waals surface area contributed by atoms with E-state index in [0.29, 0.717) is 0 Å². The number of nitrogens with one attached hydrogen (secondary N) is 2. The van der Waals surface area contributed by atoms with Gasteiger partial charge in [-0.05, 0) is 18.6 Å². The van der Waals surface area contributed by atoms with Crippen molar-refractivity contribution in [3.05, 3.63) is 17.7 Å². The highest BCUT2D eigenvalue weighted by molar-refractivity contribution is 7.90. The summed E-state index contributed by atoms with van der Waals surface area (Å²) in [4.78, 5) is 6.86. The Morgan fingerprint density at radius 3 is 2.28 bits per heavy atom. The van der Waals surface area contributed by atoms with E-state index in [2.05, 4.69) is 19.4 Å². The Morgan fingerprint density at radius 2 is 1.78 bits per heavy atom. The van der Waals surface area contributed by atoms with Crippen molar-refractivity contribution in [1.82, 2.24) is 19.4 Å². The molecule has 0 bridgehead atoms. The minimum atomic E-state index is -3.83. The molecule has 0 aromatic carbocycles. The molecule has 0 saturated carbocycles. The highest BCUT2D eigenvalue weighted by atomic mass is 35.5. The van der Waals surface area contributed by atoms with Gasteiger partial charge in [0.25, 0.3) is 0 Å². The van der Waals surface area contributed by atoms with Gasteiger partial charge in [0.15, 0.2) is 0 Å². The number of sulfonamides is 2. The molecule has 1 aromatic heterocycles. The van der Waals surface area contributed by atoms with Crippen LogP contribution >= 0.6 is 11.6 Å². The van der Waals surface area contributed by atoms with Crippen molar-refractivity contribution < 1.29 is 16.8 Å². The van der Waals surface area contributed by atoms with E-state index in [1.165, 1.54) is 7.05 Å². The van der Waals surface area contributed by atoms with Crippen molar-refractivity contribution >= 4 is 31.6 Å². The summed E-state index contributed by atoms with van der Waals surface area (Å²) in [5.74, 6) is -0.364. The molecule has 0 aliphatic heterocycles. The summed E-state index contributed by atoms with van der Waals surface area (Å²) in [7, 11) is -6.05. The Hall–Kier alpha value is -0.810. The summed E-state index contributed by atoms with van der Waals surface area (Å²) in [6, 6.07) is 0. The SMILES string of the molecule is CNS(=O)(=O)CCNS(=O)(=O)c1cnc(Cl)nc1. The van der Waals surface area contributed by atoms with Crippen molar-refractivity contribution in [3.63, 3.8) is 0 Å². The summed E-state index contributed by atoms with van der Waals surface area (Å²) in [6.07, 6.45) is 2.06. The summed E-state index contributed by atoms with van der Waals surface area (Å²) in [5.41, 5.74) is 0. The fourth-order valence-electron chi connectivity index (χ4n) is 0.935. The lowest BCUT2D eigenvalue weighted by Gasteiger charge is -2.06. The van der Waals surface area contributed by atoms with Gasteiger partial charge in [0.1, 0.15) is 4.90 Å². The van der Waals surface area contributed by atoms with Gasteiger partial charge in [-0.2, -0.15) is 0 Å². The minimum absolute atomic E-state index is 0.0771. The van der Waals surface area contributed by atoms with Gasteiger partial charge in [-0.1, -0.05) is 0 Å². The van der Waals surface area contributed by atoms with Crippen molar-refractivity contribution in [2.45, 2.75) is 4.90 Å². The van der Waals surface area contributed by atoms with Crippen LogP contribution in [0, 0.1) is 0 Å². The maximum atomic E-state index is 11.7. The Morgan fingerprint density at radius 1 is 1.22 bits per heavy atom. The van der Waals surface area contributed by atoms with E-state index in [4.69, 9.17) is 11.6 Å². The van der Waals surface area contributed by atoms with Crippen molar-refractivity contribution in [2.75, 3.05) is 19.3 Å². The third kappa shape index (κ3) is 4.46. The molecule has 1 rings (SSSR count). The number of nitrogens with zero attached hydrogens (tertiary/aromatic N) is 2. The first-order valence-corrected chi connectivity index (χ1v) is 8.16. The van der Waals surface area contributed by atoms with E-state index in [1.54, 1.807) is 0 Å². The molecule has 0 saturated heterocycles. The molecule has 0 spiro atoms. The number of hydrogen-bond donors (Lipinski definition) is 2. The van der Waals surface area contributed by atoms with Crippen LogP contribution in [0.2, 0.25) is 5.28 Å². The molecule has 0 aliphatic carbocycles. The normalized spacial score (nSPS) is 12.6. The average molecular weight is 315 g/mol. The van der Waals surface area contributed by atoms with Gasteiger partial charge in [-0.25, -0.2) is 36.2 Å². The monoisotopic (exact) mass is 314 g/mol. The zero-order chi connectivity index (χ0) is 13.8. The van der Waals surface area contributed by atoms with Gasteiger partial charge in [-0.3, -0.25) is 0 Å². The Bertz CT molecular complexity index is 599. The third-order valence-corrected chi connectivity index (χ3v) is 4.86. The van der Waals surface area contributed by atoms with E-state index < -0.39 is 20.0 Å². The highest BCUT2D eigenvalue weighted by Gasteiger charge is 2.16. The Labute approximate surface area is 110 Å². The van der Waals surface area contributed by atoms with E-state index >= 15 is 0 Å². The summed E-state index contributed by atoms with van der Waals surface area (Å²) >= 11 is 5.42. The molecule has 0 radical (unpaired) electrons. The molecular formula is C7H11ClN4O4S2. The van der Waals surface area contributed by atoms with Crippen LogP contribution in [0.15, 0.2) is 17.3 Å². The molecule has 0 fully saturated rings. The summed E-state index contributed by atoms with van der Waals surface area (Å²) < 4.78 is 49.7. The van der Waals surface area contributed by atoms with Gasteiger partial charge >= 0.3 is 0 Å². The molecule has 0 unspecified atom stereocenters. The number of rotatable bonds is 6. The van der Waals surface area contributed by atoms with E-state index in [-0.39, 0.29) is 22.5 Å². The molecule has 1 aromatic rings. The first-order chi connectivity index (χ1) is 8.27. The number of aromatic nitrogens is 2. The lowest BCUT2D eigenvalue weighted by molar-refractivity contribution is 0.578. The van der Waals surface area contributed by atoms with E-state index in [1.807, 2.05) is 0 Å². The zero-order valence-corrected chi connectivity index (χ0v) is 11.7. The minimum Gasteiger partial charge on any atom is -0.225 e. The van der Waals surface area contributed by atoms with Crippen LogP contribution in [-0.4, -0.2) is 46.1 Å². The van der Waals surface area contributed by atoms with Gasteiger partial charge in [0, 0.05) is 6.54 Å². The van der Waals surface area contributed by atoms with Crippen LogP contribution in [0.1, 0.15) is 0 Å². The van der Waals surface area contributed by atoms with Gasteiger partial charge in [0.2, 0.25) is 25.3 Å². The largest absolute Gasteiger partial charge is 0.243 e. The molecule has 11 heteroatoms. The number of halogens is 1. The van der Waals surface area contributed by atoms with Crippen LogP contribution in [0.25, 0.3) is 0 Å². The van der Waals surface area contributed by atoms with E-state index in [9.17, 15) is 16.8 Å². The Balaban J connectivity index is 2.69. The second-order valence-electron chi connectivity index (χ2n) is 3.11. The third-order valence-electron chi connectivity index (χ3n) is 1.88. The number of hydrogen-bond acceptors (Lipinski definition) is 6. The standard InChI is InChI=1S/C7H11ClN4O4S2/c1-9-17(13,14)3-2-12-18(15,16)6-4-10-7(8)11-5-6/h4-5,9,12H,2-3H2,1H3. The maximum absolute atomic E-state index is 11.7. The van der Waals surface area contributed by atoms with Crippen molar-refractivity contribution in [3.8, 4) is 0 Å². The van der Waals surface area contributed by atoms with Crippen molar-refractivity contribution in [2.24, 2.45) is 0 Å². The average Bonchev–Trinajstić information content (AvgIpc) is 2.29. The van der Waals surface area contributed by atoms with Crippen molar-refractivity contribution in [1.29, 1.82) is 0 Å². The second kappa shape index (κ2) is 5.89. The smallest absolute Gasteiger partial charge is 0.225 e. The topological polar surface area (TPSA) is 118 Å². The van der Waals surface area contributed by atoms with Crippen LogP contribution in [0.3, 0.4) is 0 Å². The molecule has 0 atom stereocenters. The second-order valence-corrected chi connectivity index (χ2v) is 7.26. The van der Waals surface area contributed by atoms with Crippen LogP contribution < -0.4 is 9.44 Å². The zero-order valence-electron chi connectivity index (χ0n) is 9.29. The maximum Gasteiger partial charge on any atom is 0.243 e. The molecule has 1 heterocycles. The fraction of sp³-hybridized carbons (Fsp3) is 0.429. The fourth-order valence-corrected chi connectivity index (χ4v) is 2.66. The summed E-state index contributed by atoms with van der Waals surface area (Å²) in [5, 5.41) is -0.0771. The predicted molar refractivity (Wildman–Crippen MR) is 65.1 cm³/mol. The molecule has 2 N–H and O–H groups in total. The lowest BCUT2D eigenvalue weighted by Crippen LogP contribution is -2.33. The predicted octanol–water partition coefficient (Wildman–Crippen LogP) is -1.04. The molecule has 0 aliphatic rings. The van der Waals surface area contributed by atoms with Crippen LogP contribution in [0.4, 0.5) is 0 Å². The first kappa shape index (κ1) is 15.2. The van der Waals surface area contributed by atoms with Gasteiger partial charge < -0.3 is 0 Å². The lowest BCUT2D eigenvalue weighted by atomic mass is 10.7. The molecular weight excluding hydrogens is 304 g/mol. The Kier molecular flexibility index (Phi) is 4.99. The van der Waals surface area contributed by atoms with Crippen LogP contribution in [-0.2, 0) is 20.0 Å². The van der Waals surface area contributed by atoms with Gasteiger partial charge in [-0.15, -0.1) is 0 Å². The molecule has 102 valence electrons. The summed E-state index contributed by atoms with van der Waals surface area (Å²) in [6.45, 7) is -0.256. The molecule has 0 amide bonds. The highest BCUT2D eigenvalue weighted by Crippen LogP contribution is 2.07. The molecule has 18 heavy (non-hydrogen) atoms. The van der Waals surface area contributed by atoms with Gasteiger partial charge in [0.05, 0.1) is 18.1 Å².